The number of benzene rings is 1. The summed E-state index contributed by atoms with van der Waals surface area (Å²) in [4.78, 5) is 0. The second kappa shape index (κ2) is 7.70. The first-order valence-corrected chi connectivity index (χ1v) is 6.57. The lowest BCUT2D eigenvalue weighted by molar-refractivity contribution is -0.297. The molecule has 0 radical (unpaired) electrons. The van der Waals surface area contributed by atoms with Crippen LogP contribution in [0.25, 0.3) is 0 Å². The predicted octanol–water partition coefficient (Wildman–Crippen LogP) is 3.90. The Hall–Kier alpha value is -1.21. The lowest BCUT2D eigenvalue weighted by Crippen LogP contribution is -2.40. The summed E-state index contributed by atoms with van der Waals surface area (Å²) in [7, 11) is 0. The van der Waals surface area contributed by atoms with E-state index in [-0.39, 0.29) is 6.61 Å². The second-order valence-corrected chi connectivity index (χ2v) is 4.69. The Labute approximate surface area is 120 Å². The molecule has 0 aliphatic heterocycles. The third kappa shape index (κ3) is 5.97. The predicted molar refractivity (Wildman–Crippen MR) is 69.1 cm³/mol. The van der Waals surface area contributed by atoms with Crippen LogP contribution >= 0.6 is 0 Å². The van der Waals surface area contributed by atoms with Gasteiger partial charge in [0.2, 0.25) is 0 Å². The van der Waals surface area contributed by atoms with Gasteiger partial charge in [-0.25, -0.2) is 0 Å². The van der Waals surface area contributed by atoms with Gasteiger partial charge in [-0.3, -0.25) is 0 Å². The molecule has 1 N–H and O–H groups in total. The number of nitrogens with one attached hydrogen (secondary N) is 1. The zero-order chi connectivity index (χ0) is 15.9. The quantitative estimate of drug-likeness (QED) is 0.581. The minimum absolute atomic E-state index is 0.283. The van der Waals surface area contributed by atoms with Crippen molar-refractivity contribution in [1.82, 2.24) is 5.32 Å². The van der Waals surface area contributed by atoms with E-state index in [9.17, 15) is 22.0 Å². The number of hydrogen-bond donors (Lipinski definition) is 1. The monoisotopic (exact) mass is 311 g/mol. The number of halogens is 5. The molecule has 0 aliphatic carbocycles. The van der Waals surface area contributed by atoms with Crippen LogP contribution in [0.3, 0.4) is 0 Å². The first-order valence-electron chi connectivity index (χ1n) is 6.57. The van der Waals surface area contributed by atoms with E-state index in [1.165, 1.54) is 0 Å². The minimum atomic E-state index is -5.58. The third-order valence-electron chi connectivity index (χ3n) is 2.75. The van der Waals surface area contributed by atoms with Crippen molar-refractivity contribution in [3.05, 3.63) is 35.4 Å². The fraction of sp³-hybridized carbons (Fsp3) is 0.571. The molecule has 1 rings (SSSR count). The Bertz CT molecular complexity index is 416. The largest absolute Gasteiger partial charge is 0.455 e. The van der Waals surface area contributed by atoms with Gasteiger partial charge < -0.3 is 10.1 Å². The molecule has 2 nitrogen and oxygen atoms in total. The van der Waals surface area contributed by atoms with Crippen LogP contribution in [-0.2, 0) is 17.9 Å². The fourth-order valence-electron chi connectivity index (χ4n) is 1.54. The molecule has 1 aromatic carbocycles. The summed E-state index contributed by atoms with van der Waals surface area (Å²) in [5.41, 5.74) is 1.56. The highest BCUT2D eigenvalue weighted by Gasteiger charge is 2.57. The topological polar surface area (TPSA) is 21.3 Å². The molecule has 0 aliphatic rings. The Kier molecular flexibility index (Phi) is 6.54. The summed E-state index contributed by atoms with van der Waals surface area (Å²) in [5.74, 6) is -4.82. The molecule has 0 unspecified atom stereocenters. The molecular weight excluding hydrogens is 293 g/mol. The Morgan fingerprint density at radius 1 is 1.00 bits per heavy atom. The van der Waals surface area contributed by atoms with Gasteiger partial charge in [0.25, 0.3) is 0 Å². The maximum atomic E-state index is 12.6. The van der Waals surface area contributed by atoms with Crippen molar-refractivity contribution in [2.24, 2.45) is 0 Å². The van der Waals surface area contributed by atoms with Gasteiger partial charge in [0, 0.05) is 6.54 Å². The highest BCUT2D eigenvalue weighted by Crippen LogP contribution is 2.35. The number of hydrogen-bond acceptors (Lipinski definition) is 2. The average Bonchev–Trinajstić information content (AvgIpc) is 2.39. The molecule has 0 saturated carbocycles. The molecule has 7 heteroatoms. The number of rotatable bonds is 8. The summed E-state index contributed by atoms with van der Waals surface area (Å²) >= 11 is 0. The second-order valence-electron chi connectivity index (χ2n) is 4.69. The maximum Gasteiger partial charge on any atom is 0.455 e. The van der Waals surface area contributed by atoms with Gasteiger partial charge in [0.05, 0.1) is 6.61 Å². The zero-order valence-electron chi connectivity index (χ0n) is 11.6. The first kappa shape index (κ1) is 17.8. The van der Waals surface area contributed by atoms with Crippen molar-refractivity contribution < 1.29 is 26.7 Å². The van der Waals surface area contributed by atoms with Crippen LogP contribution < -0.4 is 5.32 Å². The van der Waals surface area contributed by atoms with E-state index in [0.29, 0.717) is 12.1 Å². The standard InChI is InChI=1S/C14H18F5NO/c1-2-7-20-8-11-3-5-12(6-4-11)9-21-10-13(15,16)14(17,18)19/h3-6,20H,2,7-10H2,1H3. The van der Waals surface area contributed by atoms with E-state index >= 15 is 0 Å². The zero-order valence-corrected chi connectivity index (χ0v) is 11.6. The SMILES string of the molecule is CCCNCc1ccc(COCC(F)(F)C(F)(F)F)cc1. The highest BCUT2D eigenvalue weighted by atomic mass is 19.4. The van der Waals surface area contributed by atoms with Crippen LogP contribution in [0.15, 0.2) is 24.3 Å². The molecule has 0 spiro atoms. The van der Waals surface area contributed by atoms with Gasteiger partial charge in [0.15, 0.2) is 0 Å². The molecule has 0 atom stereocenters. The van der Waals surface area contributed by atoms with E-state index < -0.39 is 18.7 Å². The van der Waals surface area contributed by atoms with Gasteiger partial charge in [-0.2, -0.15) is 22.0 Å². The molecule has 0 heterocycles. The lowest BCUT2D eigenvalue weighted by Gasteiger charge is -2.19. The van der Waals surface area contributed by atoms with E-state index in [1.807, 2.05) is 6.92 Å². The van der Waals surface area contributed by atoms with Crippen molar-refractivity contribution in [3.8, 4) is 0 Å². The molecule has 0 amide bonds. The number of ether oxygens (including phenoxy) is 1. The molecule has 0 bridgehead atoms. The van der Waals surface area contributed by atoms with Gasteiger partial charge in [-0.15, -0.1) is 0 Å². The summed E-state index contributed by atoms with van der Waals surface area (Å²) < 4.78 is 65.5. The number of alkyl halides is 5. The Morgan fingerprint density at radius 2 is 1.57 bits per heavy atom. The lowest BCUT2D eigenvalue weighted by atomic mass is 10.1. The molecule has 1 aromatic rings. The maximum absolute atomic E-state index is 12.6. The van der Waals surface area contributed by atoms with E-state index in [4.69, 9.17) is 0 Å². The van der Waals surface area contributed by atoms with Crippen molar-refractivity contribution in [2.75, 3.05) is 13.2 Å². The highest BCUT2D eigenvalue weighted by molar-refractivity contribution is 5.21. The van der Waals surface area contributed by atoms with Gasteiger partial charge in [-0.05, 0) is 24.1 Å². The van der Waals surface area contributed by atoms with Crippen molar-refractivity contribution >= 4 is 0 Å². The van der Waals surface area contributed by atoms with Crippen LogP contribution in [0.2, 0.25) is 0 Å². The van der Waals surface area contributed by atoms with Gasteiger partial charge >= 0.3 is 12.1 Å². The average molecular weight is 311 g/mol. The summed E-state index contributed by atoms with van der Waals surface area (Å²) in [5, 5.41) is 3.20. The van der Waals surface area contributed by atoms with E-state index in [2.05, 4.69) is 10.1 Å². The summed E-state index contributed by atoms with van der Waals surface area (Å²) in [6, 6.07) is 6.86. The van der Waals surface area contributed by atoms with E-state index in [1.54, 1.807) is 24.3 Å². The summed E-state index contributed by atoms with van der Waals surface area (Å²) in [6.07, 6.45) is -4.57. The van der Waals surface area contributed by atoms with Crippen molar-refractivity contribution in [1.29, 1.82) is 0 Å². The molecule has 0 saturated heterocycles. The normalized spacial score (nSPS) is 12.7. The van der Waals surface area contributed by atoms with Crippen LogP contribution in [-0.4, -0.2) is 25.3 Å². The fourth-order valence-corrected chi connectivity index (χ4v) is 1.54. The van der Waals surface area contributed by atoms with Crippen LogP contribution in [0.5, 0.6) is 0 Å². The van der Waals surface area contributed by atoms with E-state index in [0.717, 1.165) is 18.5 Å². The van der Waals surface area contributed by atoms with Crippen molar-refractivity contribution in [2.45, 2.75) is 38.6 Å². The van der Waals surface area contributed by atoms with Crippen LogP contribution in [0, 0.1) is 0 Å². The smallest absolute Gasteiger partial charge is 0.370 e. The van der Waals surface area contributed by atoms with Crippen LogP contribution in [0.4, 0.5) is 22.0 Å². The van der Waals surface area contributed by atoms with Crippen LogP contribution in [0.1, 0.15) is 24.5 Å². The molecule has 120 valence electrons. The molecule has 21 heavy (non-hydrogen) atoms. The van der Waals surface area contributed by atoms with Crippen molar-refractivity contribution in [3.63, 3.8) is 0 Å². The third-order valence-corrected chi connectivity index (χ3v) is 2.75. The van der Waals surface area contributed by atoms with Gasteiger partial charge in [-0.1, -0.05) is 31.2 Å². The Morgan fingerprint density at radius 3 is 2.10 bits per heavy atom. The molecule has 0 aromatic heterocycles. The first-order chi connectivity index (χ1) is 9.76. The molecule has 0 fully saturated rings. The van der Waals surface area contributed by atoms with Gasteiger partial charge in [0.1, 0.15) is 6.61 Å². The Balaban J connectivity index is 2.39. The summed E-state index contributed by atoms with van der Waals surface area (Å²) in [6.45, 7) is 1.66. The molecular formula is C14H18F5NO. The minimum Gasteiger partial charge on any atom is -0.370 e.